The second-order valence-corrected chi connectivity index (χ2v) is 6.58. The van der Waals surface area contributed by atoms with Crippen LogP contribution in [0.1, 0.15) is 32.9 Å². The summed E-state index contributed by atoms with van der Waals surface area (Å²) in [5, 5.41) is 8.71. The highest BCUT2D eigenvalue weighted by Gasteiger charge is 2.17. The maximum absolute atomic E-state index is 12.2. The monoisotopic (exact) mass is 280 g/mol. The summed E-state index contributed by atoms with van der Waals surface area (Å²) >= 11 is 1.77. The van der Waals surface area contributed by atoms with Crippen LogP contribution in [0.25, 0.3) is 5.65 Å². The largest absolute Gasteiger partial charge is 0.367 e. The smallest absolute Gasteiger partial charge is 0.244 e. The maximum atomic E-state index is 12.2. The number of aromatic nitrogens is 4. The van der Waals surface area contributed by atoms with Crippen LogP contribution in [0, 0.1) is 0 Å². The molecule has 0 saturated carbocycles. The minimum absolute atomic E-state index is 0.0748. The van der Waals surface area contributed by atoms with E-state index < -0.39 is 0 Å². The van der Waals surface area contributed by atoms with Crippen molar-refractivity contribution >= 4 is 17.4 Å². The highest BCUT2D eigenvalue weighted by molar-refractivity contribution is 7.98. The van der Waals surface area contributed by atoms with E-state index in [9.17, 15) is 4.79 Å². The Morgan fingerprint density at radius 2 is 2.00 bits per heavy atom. The summed E-state index contributed by atoms with van der Waals surface area (Å²) in [6.07, 6.45) is 3.00. The van der Waals surface area contributed by atoms with Crippen molar-refractivity contribution in [2.45, 2.75) is 39.2 Å². The van der Waals surface area contributed by atoms with E-state index >= 15 is 0 Å². The molecule has 2 rings (SSSR count). The van der Waals surface area contributed by atoms with E-state index in [0.717, 1.165) is 17.9 Å². The van der Waals surface area contributed by atoms with Gasteiger partial charge in [-0.1, -0.05) is 20.8 Å². The predicted octanol–water partition coefficient (Wildman–Crippen LogP) is 1.94. The Morgan fingerprint density at radius 3 is 2.63 bits per heavy atom. The van der Waals surface area contributed by atoms with Crippen molar-refractivity contribution in [2.24, 2.45) is 0 Å². The third-order valence-electron chi connectivity index (χ3n) is 2.93. The Bertz CT molecular complexity index is 624. The average Bonchev–Trinajstić information content (AvgIpc) is 2.66. The van der Waals surface area contributed by atoms with Crippen LogP contribution in [0.15, 0.2) is 16.9 Å². The zero-order valence-corrected chi connectivity index (χ0v) is 12.7. The zero-order chi connectivity index (χ0) is 14.0. The van der Waals surface area contributed by atoms with Gasteiger partial charge in [0.25, 0.3) is 0 Å². The molecule has 0 aromatic carbocycles. The van der Waals surface area contributed by atoms with Crippen LogP contribution >= 0.6 is 11.8 Å². The summed E-state index contributed by atoms with van der Waals surface area (Å²) in [6.45, 7) is 6.88. The molecule has 0 amide bonds. The van der Waals surface area contributed by atoms with Gasteiger partial charge in [0.1, 0.15) is 0 Å². The lowest BCUT2D eigenvalue weighted by Gasteiger charge is -2.16. The molecular weight excluding hydrogens is 260 g/mol. The molecule has 2 aromatic rings. The van der Waals surface area contributed by atoms with Gasteiger partial charge < -0.3 is 0 Å². The lowest BCUT2D eigenvalue weighted by Crippen LogP contribution is -2.24. The van der Waals surface area contributed by atoms with Crippen LogP contribution in [0.5, 0.6) is 0 Å². The molecule has 0 atom stereocenters. The van der Waals surface area contributed by atoms with Gasteiger partial charge in [-0.2, -0.15) is 21.4 Å². The van der Waals surface area contributed by atoms with Gasteiger partial charge in [-0.3, -0.25) is 0 Å². The van der Waals surface area contributed by atoms with Crippen molar-refractivity contribution in [1.29, 1.82) is 0 Å². The van der Waals surface area contributed by atoms with Gasteiger partial charge in [-0.25, -0.2) is 9.48 Å². The molecule has 0 N–H and O–H groups in total. The van der Waals surface area contributed by atoms with Gasteiger partial charge in [0.2, 0.25) is 0 Å². The average molecular weight is 280 g/mol. The molecule has 104 valence electrons. The molecule has 19 heavy (non-hydrogen) atoms. The number of thioether (sulfide) groups is 1. The van der Waals surface area contributed by atoms with Gasteiger partial charge in [0, 0.05) is 12.0 Å². The molecular formula is C13H20N4OS. The molecule has 0 saturated heterocycles. The zero-order valence-electron chi connectivity index (χ0n) is 11.9. The van der Waals surface area contributed by atoms with E-state index in [-0.39, 0.29) is 11.1 Å². The van der Waals surface area contributed by atoms with Crippen LogP contribution in [-0.4, -0.2) is 31.4 Å². The van der Waals surface area contributed by atoms with Gasteiger partial charge in [0.15, 0.2) is 5.65 Å². The summed E-state index contributed by atoms with van der Waals surface area (Å²) in [4.78, 5) is 12.2. The minimum Gasteiger partial charge on any atom is -0.244 e. The number of aryl methyl sites for hydroxylation is 1. The molecule has 0 aliphatic heterocycles. The summed E-state index contributed by atoms with van der Waals surface area (Å²) in [7, 11) is 0. The maximum Gasteiger partial charge on any atom is 0.367 e. The van der Waals surface area contributed by atoms with E-state index in [1.807, 2.05) is 12.1 Å². The molecule has 2 heterocycles. The molecule has 0 aliphatic carbocycles. The first-order valence-corrected chi connectivity index (χ1v) is 7.79. The van der Waals surface area contributed by atoms with E-state index in [4.69, 9.17) is 0 Å². The van der Waals surface area contributed by atoms with Crippen molar-refractivity contribution < 1.29 is 0 Å². The second kappa shape index (κ2) is 5.36. The molecule has 0 unspecified atom stereocenters. The van der Waals surface area contributed by atoms with E-state index in [1.54, 1.807) is 11.8 Å². The highest BCUT2D eigenvalue weighted by Crippen LogP contribution is 2.19. The normalized spacial score (nSPS) is 12.2. The number of fused-ring (bicyclic) bond motifs is 1. The number of rotatable bonds is 4. The standard InChI is InChI=1S/C13H20N4OS/c1-13(2,3)10-6-7-11-15-16(8-5-9-19-4)12(18)17(11)14-10/h6-7H,5,8-9H2,1-4H3. The molecule has 0 radical (unpaired) electrons. The number of hydrogen-bond acceptors (Lipinski definition) is 4. The highest BCUT2D eigenvalue weighted by atomic mass is 32.2. The molecule has 0 fully saturated rings. The Balaban J connectivity index is 2.38. The third-order valence-corrected chi connectivity index (χ3v) is 3.62. The fourth-order valence-corrected chi connectivity index (χ4v) is 2.23. The quantitative estimate of drug-likeness (QED) is 0.803. The summed E-state index contributed by atoms with van der Waals surface area (Å²) in [5.74, 6) is 1.03. The third kappa shape index (κ3) is 3.00. The first-order valence-electron chi connectivity index (χ1n) is 6.40. The second-order valence-electron chi connectivity index (χ2n) is 5.59. The lowest BCUT2D eigenvalue weighted by atomic mass is 9.92. The Labute approximate surface area is 117 Å². The van der Waals surface area contributed by atoms with Gasteiger partial charge >= 0.3 is 5.69 Å². The van der Waals surface area contributed by atoms with Crippen LogP contribution in [0.2, 0.25) is 0 Å². The fourth-order valence-electron chi connectivity index (χ4n) is 1.81. The van der Waals surface area contributed by atoms with Crippen molar-refractivity contribution in [3.05, 3.63) is 28.3 Å². The topological polar surface area (TPSA) is 52.2 Å². The Morgan fingerprint density at radius 1 is 1.26 bits per heavy atom. The molecule has 2 aromatic heterocycles. The van der Waals surface area contributed by atoms with Crippen LogP contribution in [0.4, 0.5) is 0 Å². The molecule has 0 bridgehead atoms. The fraction of sp³-hybridized carbons (Fsp3) is 0.615. The van der Waals surface area contributed by atoms with Crippen LogP contribution < -0.4 is 5.69 Å². The number of nitrogens with zero attached hydrogens (tertiary/aromatic N) is 4. The first-order chi connectivity index (χ1) is 8.93. The number of hydrogen-bond donors (Lipinski definition) is 0. The minimum atomic E-state index is -0.151. The Kier molecular flexibility index (Phi) is 3.99. The summed E-state index contributed by atoms with van der Waals surface area (Å²) < 4.78 is 2.91. The van der Waals surface area contributed by atoms with Crippen molar-refractivity contribution in [3.8, 4) is 0 Å². The molecule has 0 aliphatic rings. The molecule has 6 heteroatoms. The van der Waals surface area contributed by atoms with Crippen LogP contribution in [0.3, 0.4) is 0 Å². The lowest BCUT2D eigenvalue weighted by molar-refractivity contribution is 0.545. The van der Waals surface area contributed by atoms with Crippen molar-refractivity contribution in [1.82, 2.24) is 19.4 Å². The summed E-state index contributed by atoms with van der Waals surface area (Å²) in [5.41, 5.74) is 1.28. The van der Waals surface area contributed by atoms with E-state index in [2.05, 4.69) is 37.2 Å². The van der Waals surface area contributed by atoms with Crippen molar-refractivity contribution in [2.75, 3.05) is 12.0 Å². The summed E-state index contributed by atoms with van der Waals surface area (Å²) in [6, 6.07) is 3.80. The van der Waals surface area contributed by atoms with Gasteiger partial charge in [0.05, 0.1) is 5.69 Å². The van der Waals surface area contributed by atoms with E-state index in [0.29, 0.717) is 12.2 Å². The van der Waals surface area contributed by atoms with Crippen LogP contribution in [-0.2, 0) is 12.0 Å². The van der Waals surface area contributed by atoms with Crippen molar-refractivity contribution in [3.63, 3.8) is 0 Å². The molecule has 5 nitrogen and oxygen atoms in total. The van der Waals surface area contributed by atoms with E-state index in [1.165, 1.54) is 9.20 Å². The predicted molar refractivity (Wildman–Crippen MR) is 78.9 cm³/mol. The SMILES string of the molecule is CSCCCn1nc2ccc(C(C)(C)C)nn2c1=O. The first kappa shape index (κ1) is 14.1. The van der Waals surface area contributed by atoms with Gasteiger partial charge in [-0.05, 0) is 30.6 Å². The molecule has 0 spiro atoms. The van der Waals surface area contributed by atoms with Gasteiger partial charge in [-0.15, -0.1) is 5.10 Å². The Hall–Kier alpha value is -1.30.